The van der Waals surface area contributed by atoms with Crippen molar-refractivity contribution in [3.05, 3.63) is 0 Å². The zero-order chi connectivity index (χ0) is 15.7. The van der Waals surface area contributed by atoms with E-state index in [0.29, 0.717) is 31.7 Å². The molecule has 0 unspecified atom stereocenters. The lowest BCUT2D eigenvalue weighted by atomic mass is 10.1. The fourth-order valence-corrected chi connectivity index (χ4v) is 2.11. The van der Waals surface area contributed by atoms with Gasteiger partial charge < -0.3 is 20.1 Å². The number of aromatic nitrogens is 3. The summed E-state index contributed by atoms with van der Waals surface area (Å²) < 4.78 is 10.7. The van der Waals surface area contributed by atoms with Gasteiger partial charge in [-0.15, -0.1) is 0 Å². The van der Waals surface area contributed by atoms with Gasteiger partial charge in [-0.2, -0.15) is 15.0 Å². The highest BCUT2D eigenvalue weighted by molar-refractivity contribution is 5.37. The molecule has 0 aliphatic rings. The van der Waals surface area contributed by atoms with Crippen LogP contribution < -0.4 is 15.4 Å². The Hall–Kier alpha value is -1.63. The maximum absolute atomic E-state index is 5.78. The van der Waals surface area contributed by atoms with Crippen molar-refractivity contribution in [2.45, 2.75) is 46.1 Å². The highest BCUT2D eigenvalue weighted by Crippen LogP contribution is 2.19. The molecule has 1 rings (SSSR count). The van der Waals surface area contributed by atoms with Gasteiger partial charge in [0.2, 0.25) is 11.9 Å². The minimum atomic E-state index is 0.180. The molecule has 7 nitrogen and oxygen atoms in total. The van der Waals surface area contributed by atoms with Crippen LogP contribution in [0.25, 0.3) is 0 Å². The Morgan fingerprint density at radius 1 is 1.10 bits per heavy atom. The first-order valence-electron chi connectivity index (χ1n) is 7.56. The summed E-state index contributed by atoms with van der Waals surface area (Å²) in [5.41, 5.74) is 5.78. The predicted molar refractivity (Wildman–Crippen MR) is 83.6 cm³/mol. The summed E-state index contributed by atoms with van der Waals surface area (Å²) in [5, 5.41) is 0. The van der Waals surface area contributed by atoms with Gasteiger partial charge in [-0.05, 0) is 19.3 Å². The van der Waals surface area contributed by atoms with Crippen molar-refractivity contribution in [3.8, 4) is 6.01 Å². The number of ether oxygens (including phenoxy) is 2. The van der Waals surface area contributed by atoms with Crippen LogP contribution in [0.15, 0.2) is 0 Å². The van der Waals surface area contributed by atoms with Gasteiger partial charge in [-0.3, -0.25) is 0 Å². The Labute approximate surface area is 126 Å². The number of nitrogens with zero attached hydrogens (tertiary/aromatic N) is 4. The third kappa shape index (κ3) is 5.34. The maximum Gasteiger partial charge on any atom is 0.323 e. The van der Waals surface area contributed by atoms with Gasteiger partial charge in [0.15, 0.2) is 0 Å². The molecule has 0 aliphatic heterocycles. The zero-order valence-corrected chi connectivity index (χ0v) is 13.5. The quantitative estimate of drug-likeness (QED) is 0.705. The number of rotatable bonds is 10. The van der Waals surface area contributed by atoms with Crippen LogP contribution in [0.3, 0.4) is 0 Å². The van der Waals surface area contributed by atoms with Gasteiger partial charge in [-0.25, -0.2) is 0 Å². The van der Waals surface area contributed by atoms with Crippen LogP contribution in [0.2, 0.25) is 0 Å². The molecule has 1 aromatic heterocycles. The minimum Gasteiger partial charge on any atom is -0.463 e. The van der Waals surface area contributed by atoms with E-state index >= 15 is 0 Å². The lowest BCUT2D eigenvalue weighted by Gasteiger charge is -2.30. The molecule has 0 atom stereocenters. The van der Waals surface area contributed by atoms with Crippen molar-refractivity contribution < 1.29 is 9.47 Å². The molecular formula is C14H27N5O2. The SMILES string of the molecule is CCCOc1nc(N)nc(N(CCOC)C(CC)CC)n1. The predicted octanol–water partition coefficient (Wildman–Crippen LogP) is 1.88. The average Bonchev–Trinajstić information content (AvgIpc) is 2.48. The molecule has 1 aromatic rings. The lowest BCUT2D eigenvalue weighted by Crippen LogP contribution is -2.38. The zero-order valence-electron chi connectivity index (χ0n) is 13.5. The van der Waals surface area contributed by atoms with Crippen molar-refractivity contribution >= 4 is 11.9 Å². The molecule has 0 spiro atoms. The molecule has 21 heavy (non-hydrogen) atoms. The molecule has 0 bridgehead atoms. The van der Waals surface area contributed by atoms with E-state index in [1.54, 1.807) is 7.11 Å². The molecule has 0 aliphatic carbocycles. The summed E-state index contributed by atoms with van der Waals surface area (Å²) in [6.45, 7) is 8.19. The first-order valence-corrected chi connectivity index (χ1v) is 7.56. The van der Waals surface area contributed by atoms with E-state index in [4.69, 9.17) is 15.2 Å². The Morgan fingerprint density at radius 3 is 2.38 bits per heavy atom. The van der Waals surface area contributed by atoms with Crippen LogP contribution in [0.5, 0.6) is 6.01 Å². The monoisotopic (exact) mass is 297 g/mol. The van der Waals surface area contributed by atoms with Crippen LogP contribution in [0.4, 0.5) is 11.9 Å². The van der Waals surface area contributed by atoms with Gasteiger partial charge in [0.25, 0.3) is 0 Å². The smallest absolute Gasteiger partial charge is 0.323 e. The molecule has 1 heterocycles. The number of hydrogen-bond donors (Lipinski definition) is 1. The second-order valence-electron chi connectivity index (χ2n) is 4.78. The van der Waals surface area contributed by atoms with Crippen molar-refractivity contribution in [1.29, 1.82) is 0 Å². The number of hydrogen-bond acceptors (Lipinski definition) is 7. The van der Waals surface area contributed by atoms with Crippen molar-refractivity contribution in [2.75, 3.05) is 37.5 Å². The summed E-state index contributed by atoms with van der Waals surface area (Å²) in [7, 11) is 1.68. The van der Waals surface area contributed by atoms with E-state index in [-0.39, 0.29) is 12.0 Å². The Balaban J connectivity index is 3.01. The van der Waals surface area contributed by atoms with E-state index < -0.39 is 0 Å². The standard InChI is InChI=1S/C14H27N5O2/c1-5-9-21-14-17-12(15)16-13(18-14)19(8-10-20-4)11(6-2)7-3/h11H,5-10H2,1-4H3,(H2,15,16,17,18). The lowest BCUT2D eigenvalue weighted by molar-refractivity contribution is 0.202. The summed E-state index contributed by atoms with van der Waals surface area (Å²) in [4.78, 5) is 14.8. The number of nitrogen functional groups attached to an aromatic ring is 1. The average molecular weight is 297 g/mol. The molecular weight excluding hydrogens is 270 g/mol. The third-order valence-corrected chi connectivity index (χ3v) is 3.23. The molecule has 0 amide bonds. The Kier molecular flexibility index (Phi) is 7.74. The number of anilines is 2. The van der Waals surface area contributed by atoms with Crippen LogP contribution in [0, 0.1) is 0 Å². The molecule has 0 saturated carbocycles. The number of nitrogens with two attached hydrogens (primary N) is 1. The van der Waals surface area contributed by atoms with E-state index in [9.17, 15) is 0 Å². The van der Waals surface area contributed by atoms with E-state index in [1.165, 1.54) is 0 Å². The first-order chi connectivity index (χ1) is 10.2. The number of methoxy groups -OCH3 is 1. The van der Waals surface area contributed by atoms with Crippen molar-refractivity contribution in [3.63, 3.8) is 0 Å². The van der Waals surface area contributed by atoms with Gasteiger partial charge in [0.05, 0.1) is 13.2 Å². The van der Waals surface area contributed by atoms with Crippen LogP contribution in [-0.4, -0.2) is 47.9 Å². The van der Waals surface area contributed by atoms with E-state index in [0.717, 1.165) is 19.3 Å². The van der Waals surface area contributed by atoms with Crippen LogP contribution in [-0.2, 0) is 4.74 Å². The molecule has 0 fully saturated rings. The Bertz CT molecular complexity index is 412. The fourth-order valence-electron chi connectivity index (χ4n) is 2.11. The molecule has 0 radical (unpaired) electrons. The molecule has 0 aromatic carbocycles. The van der Waals surface area contributed by atoms with Gasteiger partial charge in [0, 0.05) is 19.7 Å². The molecule has 7 heteroatoms. The Morgan fingerprint density at radius 2 is 1.81 bits per heavy atom. The van der Waals surface area contributed by atoms with Crippen molar-refractivity contribution in [2.24, 2.45) is 0 Å². The van der Waals surface area contributed by atoms with Gasteiger partial charge >= 0.3 is 6.01 Å². The van der Waals surface area contributed by atoms with Crippen LogP contribution >= 0.6 is 0 Å². The minimum absolute atomic E-state index is 0.180. The highest BCUT2D eigenvalue weighted by Gasteiger charge is 2.20. The van der Waals surface area contributed by atoms with Gasteiger partial charge in [0.1, 0.15) is 0 Å². The summed E-state index contributed by atoms with van der Waals surface area (Å²) in [6.07, 6.45) is 2.88. The second-order valence-corrected chi connectivity index (χ2v) is 4.78. The normalized spacial score (nSPS) is 10.9. The molecule has 0 saturated heterocycles. The maximum atomic E-state index is 5.78. The van der Waals surface area contributed by atoms with Crippen molar-refractivity contribution in [1.82, 2.24) is 15.0 Å². The van der Waals surface area contributed by atoms with E-state index in [1.807, 2.05) is 6.92 Å². The fraction of sp³-hybridized carbons (Fsp3) is 0.786. The molecule has 120 valence electrons. The summed E-state index contributed by atoms with van der Waals surface area (Å²) >= 11 is 0. The van der Waals surface area contributed by atoms with Crippen LogP contribution in [0.1, 0.15) is 40.0 Å². The van der Waals surface area contributed by atoms with Gasteiger partial charge in [-0.1, -0.05) is 20.8 Å². The summed E-state index contributed by atoms with van der Waals surface area (Å²) in [6, 6.07) is 0.619. The third-order valence-electron chi connectivity index (χ3n) is 3.23. The van der Waals surface area contributed by atoms with E-state index in [2.05, 4.69) is 33.7 Å². The highest BCUT2D eigenvalue weighted by atomic mass is 16.5. The topological polar surface area (TPSA) is 86.4 Å². The summed E-state index contributed by atoms with van der Waals surface area (Å²) in [5.74, 6) is 0.735. The molecule has 2 N–H and O–H groups in total. The first kappa shape index (κ1) is 17.4. The second kappa shape index (κ2) is 9.33. The largest absolute Gasteiger partial charge is 0.463 e.